The zero-order chi connectivity index (χ0) is 25.0. The monoisotopic (exact) mass is 465 g/mol. The number of nitrogens with two attached hydrogens (primary N) is 1. The first kappa shape index (κ1) is 24.4. The molecule has 0 saturated carbocycles. The van der Waals surface area contributed by atoms with Gasteiger partial charge in [-0.05, 0) is 25.0 Å². The lowest BCUT2D eigenvalue weighted by atomic mass is 9.91. The predicted octanol–water partition coefficient (Wildman–Crippen LogP) is 2.20. The van der Waals surface area contributed by atoms with Crippen molar-refractivity contribution in [3.8, 4) is 0 Å². The van der Waals surface area contributed by atoms with E-state index in [-0.39, 0.29) is 18.9 Å². The highest BCUT2D eigenvalue weighted by Crippen LogP contribution is 2.34. The fourth-order valence-electron chi connectivity index (χ4n) is 3.90. The molecule has 1 heterocycles. The largest absolute Gasteiger partial charge is 0.466 e. The Kier molecular flexibility index (Phi) is 7.00. The molecule has 0 bridgehead atoms. The summed E-state index contributed by atoms with van der Waals surface area (Å²) >= 11 is 0. The third kappa shape index (κ3) is 4.61. The number of esters is 1. The summed E-state index contributed by atoms with van der Waals surface area (Å²) in [4.78, 5) is 51.9. The van der Waals surface area contributed by atoms with Gasteiger partial charge in [0, 0.05) is 12.5 Å². The fourth-order valence-corrected chi connectivity index (χ4v) is 3.90. The molecule has 4 amide bonds. The third-order valence-electron chi connectivity index (χ3n) is 5.63. The number of hydrogen-bond donors (Lipinski definition) is 3. The van der Waals surface area contributed by atoms with Crippen LogP contribution in [-0.2, 0) is 24.7 Å². The van der Waals surface area contributed by atoms with Gasteiger partial charge in [0.2, 0.25) is 5.91 Å². The van der Waals surface area contributed by atoms with Crippen LogP contribution < -0.4 is 11.1 Å². The quantitative estimate of drug-likeness (QED) is 0.236. The summed E-state index contributed by atoms with van der Waals surface area (Å²) in [5.41, 5.74) is 5.49. The molecular formula is C24H27N5O5. The van der Waals surface area contributed by atoms with E-state index in [0.29, 0.717) is 16.7 Å². The van der Waals surface area contributed by atoms with E-state index in [1.807, 2.05) is 0 Å². The van der Waals surface area contributed by atoms with Crippen molar-refractivity contribution in [1.82, 2.24) is 15.3 Å². The predicted molar refractivity (Wildman–Crippen MR) is 123 cm³/mol. The number of urea groups is 1. The van der Waals surface area contributed by atoms with E-state index >= 15 is 0 Å². The van der Waals surface area contributed by atoms with Crippen molar-refractivity contribution in [2.24, 2.45) is 5.73 Å². The van der Waals surface area contributed by atoms with Crippen molar-refractivity contribution in [2.75, 3.05) is 6.61 Å². The Morgan fingerprint density at radius 2 is 1.76 bits per heavy atom. The van der Waals surface area contributed by atoms with Crippen LogP contribution in [-0.4, -0.2) is 46.3 Å². The standard InChI is InChI=1S/C24H27N5O5/c1-4-34-20(31)14-19(16-8-6-5-7-9-16)28(15(2)30)29-22(32)24(3,27-23(29)33)18-12-10-17(11-13-18)21(25)26/h5-13,19H,4,14H2,1-3H3,(H3,25,26)(H,27,33)/t19-,24-/m0/s1. The van der Waals surface area contributed by atoms with Crippen molar-refractivity contribution >= 4 is 29.7 Å². The molecule has 10 heteroatoms. The number of nitrogens with zero attached hydrogens (tertiary/aromatic N) is 2. The van der Waals surface area contributed by atoms with Crippen LogP contribution in [0.2, 0.25) is 0 Å². The first-order valence-corrected chi connectivity index (χ1v) is 10.7. The Hall–Kier alpha value is -4.21. The number of carbonyl (C=O) groups excluding carboxylic acids is 4. The second kappa shape index (κ2) is 9.74. The van der Waals surface area contributed by atoms with Crippen molar-refractivity contribution in [3.63, 3.8) is 0 Å². The van der Waals surface area contributed by atoms with E-state index in [1.54, 1.807) is 61.5 Å². The minimum atomic E-state index is -1.48. The van der Waals surface area contributed by atoms with Crippen molar-refractivity contribution in [1.29, 1.82) is 5.41 Å². The van der Waals surface area contributed by atoms with E-state index in [0.717, 1.165) is 10.0 Å². The van der Waals surface area contributed by atoms with Crippen LogP contribution in [0, 0.1) is 5.41 Å². The summed E-state index contributed by atoms with van der Waals surface area (Å²) in [6.45, 7) is 4.56. The Balaban J connectivity index is 2.03. The average Bonchev–Trinajstić information content (AvgIpc) is 3.03. The number of hydrogen-bond acceptors (Lipinski definition) is 6. The number of carbonyl (C=O) groups is 4. The van der Waals surface area contributed by atoms with Gasteiger partial charge in [-0.3, -0.25) is 19.8 Å². The highest BCUT2D eigenvalue weighted by molar-refractivity contribution is 6.08. The van der Waals surface area contributed by atoms with Gasteiger partial charge in [0.25, 0.3) is 5.91 Å². The van der Waals surface area contributed by atoms with E-state index in [1.165, 1.54) is 13.8 Å². The number of hydrazine groups is 1. The molecule has 0 radical (unpaired) electrons. The molecule has 1 saturated heterocycles. The first-order valence-electron chi connectivity index (χ1n) is 10.7. The van der Waals surface area contributed by atoms with Gasteiger partial charge in [-0.2, -0.15) is 5.01 Å². The lowest BCUT2D eigenvalue weighted by Crippen LogP contribution is -2.52. The van der Waals surface area contributed by atoms with Crippen LogP contribution in [0.25, 0.3) is 0 Å². The average molecular weight is 466 g/mol. The van der Waals surface area contributed by atoms with Crippen molar-refractivity contribution < 1.29 is 23.9 Å². The van der Waals surface area contributed by atoms with Gasteiger partial charge in [0.05, 0.1) is 19.1 Å². The molecule has 0 aromatic heterocycles. The highest BCUT2D eigenvalue weighted by atomic mass is 16.5. The first-order chi connectivity index (χ1) is 16.1. The maximum Gasteiger partial charge on any atom is 0.344 e. The molecule has 3 rings (SSSR count). The van der Waals surface area contributed by atoms with Crippen LogP contribution in [0.3, 0.4) is 0 Å². The maximum atomic E-state index is 13.6. The Bertz CT molecular complexity index is 1120. The Labute approximate surface area is 197 Å². The summed E-state index contributed by atoms with van der Waals surface area (Å²) in [7, 11) is 0. The van der Waals surface area contributed by atoms with Crippen molar-refractivity contribution in [2.45, 2.75) is 38.8 Å². The lowest BCUT2D eigenvalue weighted by Gasteiger charge is -2.36. The number of nitrogen functional groups attached to an aromatic ring is 1. The zero-order valence-electron chi connectivity index (χ0n) is 19.2. The number of amidine groups is 1. The topological polar surface area (TPSA) is 146 Å². The molecule has 0 unspecified atom stereocenters. The second-order valence-corrected chi connectivity index (χ2v) is 7.96. The van der Waals surface area contributed by atoms with Gasteiger partial charge in [0.1, 0.15) is 11.4 Å². The minimum absolute atomic E-state index is 0.132. The molecule has 2 aromatic rings. The summed E-state index contributed by atoms with van der Waals surface area (Å²) in [6.07, 6.45) is -0.251. The van der Waals surface area contributed by atoms with Gasteiger partial charge in [-0.25, -0.2) is 9.80 Å². The maximum absolute atomic E-state index is 13.6. The summed E-state index contributed by atoms with van der Waals surface area (Å²) in [5, 5.41) is 11.9. The van der Waals surface area contributed by atoms with Crippen LogP contribution in [0.15, 0.2) is 54.6 Å². The smallest absolute Gasteiger partial charge is 0.344 e. The van der Waals surface area contributed by atoms with E-state index < -0.39 is 35.4 Å². The normalized spacial score (nSPS) is 18.3. The molecule has 0 aliphatic carbocycles. The number of ether oxygens (including phenoxy) is 1. The van der Waals surface area contributed by atoms with Crippen LogP contribution >= 0.6 is 0 Å². The number of amides is 4. The van der Waals surface area contributed by atoms with Gasteiger partial charge >= 0.3 is 12.0 Å². The molecule has 1 aliphatic rings. The van der Waals surface area contributed by atoms with Gasteiger partial charge in [-0.15, -0.1) is 0 Å². The van der Waals surface area contributed by atoms with Gasteiger partial charge < -0.3 is 15.8 Å². The second-order valence-electron chi connectivity index (χ2n) is 7.96. The lowest BCUT2D eigenvalue weighted by molar-refractivity contribution is -0.163. The fraction of sp³-hybridized carbons (Fsp3) is 0.292. The number of imide groups is 1. The number of benzene rings is 2. The molecule has 2 atom stereocenters. The minimum Gasteiger partial charge on any atom is -0.466 e. The molecule has 4 N–H and O–H groups in total. The molecular weight excluding hydrogens is 438 g/mol. The van der Waals surface area contributed by atoms with E-state index in [9.17, 15) is 19.2 Å². The molecule has 1 aliphatic heterocycles. The summed E-state index contributed by atoms with van der Waals surface area (Å²) in [6, 6.07) is 13.2. The molecule has 0 spiro atoms. The van der Waals surface area contributed by atoms with Crippen LogP contribution in [0.1, 0.15) is 49.9 Å². The van der Waals surface area contributed by atoms with E-state index in [2.05, 4.69) is 5.32 Å². The number of nitrogens with one attached hydrogen (secondary N) is 2. The zero-order valence-corrected chi connectivity index (χ0v) is 19.2. The van der Waals surface area contributed by atoms with Crippen LogP contribution in [0.4, 0.5) is 4.79 Å². The molecule has 10 nitrogen and oxygen atoms in total. The number of rotatable bonds is 8. The molecule has 1 fully saturated rings. The van der Waals surface area contributed by atoms with Crippen molar-refractivity contribution in [3.05, 3.63) is 71.3 Å². The Morgan fingerprint density at radius 1 is 1.15 bits per heavy atom. The summed E-state index contributed by atoms with van der Waals surface area (Å²) in [5.74, 6) is -1.99. The SMILES string of the molecule is CCOC(=O)C[C@@H](c1ccccc1)N(C(C)=O)N1C(=O)N[C@@](C)(c2ccc(C(=N)N)cc2)C1=O. The summed E-state index contributed by atoms with van der Waals surface area (Å²) < 4.78 is 5.07. The van der Waals surface area contributed by atoms with Gasteiger partial charge in [-0.1, -0.05) is 54.6 Å². The van der Waals surface area contributed by atoms with E-state index in [4.69, 9.17) is 15.9 Å². The molecule has 2 aromatic carbocycles. The van der Waals surface area contributed by atoms with Gasteiger partial charge in [0.15, 0.2) is 0 Å². The molecule has 34 heavy (non-hydrogen) atoms. The highest BCUT2D eigenvalue weighted by Gasteiger charge is 2.53. The Morgan fingerprint density at radius 3 is 2.29 bits per heavy atom. The van der Waals surface area contributed by atoms with Crippen LogP contribution in [0.5, 0.6) is 0 Å². The molecule has 178 valence electrons. The third-order valence-corrected chi connectivity index (χ3v) is 5.63.